The Hall–Kier alpha value is -0.880. The third-order valence-electron chi connectivity index (χ3n) is 4.27. The minimum Gasteiger partial charge on any atom is -0.305 e. The molecule has 0 bridgehead atoms. The molecule has 0 amide bonds. The van der Waals surface area contributed by atoms with E-state index in [4.69, 9.17) is 11.6 Å². The SMILES string of the molecule is CCC(CC)S(=O)(=O)c1ccc(C(C)NCc2ccc(Cl)s2)cc1. The number of rotatable bonds is 8. The van der Waals surface area contributed by atoms with Crippen LogP contribution in [0.4, 0.5) is 0 Å². The van der Waals surface area contributed by atoms with Crippen molar-refractivity contribution in [2.24, 2.45) is 0 Å². The molecule has 0 aliphatic heterocycles. The Kier molecular flexibility index (Phi) is 6.87. The normalized spacial score (nSPS) is 13.4. The summed E-state index contributed by atoms with van der Waals surface area (Å²) < 4.78 is 25.9. The van der Waals surface area contributed by atoms with Crippen LogP contribution >= 0.6 is 22.9 Å². The van der Waals surface area contributed by atoms with Crippen LogP contribution in [-0.2, 0) is 16.4 Å². The predicted octanol–water partition coefficient (Wildman–Crippen LogP) is 5.21. The molecule has 2 rings (SSSR count). The van der Waals surface area contributed by atoms with Gasteiger partial charge in [0.1, 0.15) is 0 Å². The van der Waals surface area contributed by atoms with Crippen molar-refractivity contribution in [3.05, 3.63) is 51.2 Å². The zero-order valence-corrected chi connectivity index (χ0v) is 16.6. The van der Waals surface area contributed by atoms with Gasteiger partial charge in [0.15, 0.2) is 9.84 Å². The van der Waals surface area contributed by atoms with Gasteiger partial charge >= 0.3 is 0 Å². The monoisotopic (exact) mass is 385 g/mol. The smallest absolute Gasteiger partial charge is 0.181 e. The van der Waals surface area contributed by atoms with Crippen molar-refractivity contribution in [2.75, 3.05) is 0 Å². The summed E-state index contributed by atoms with van der Waals surface area (Å²) in [5.41, 5.74) is 1.07. The van der Waals surface area contributed by atoms with Crippen molar-refractivity contribution in [3.63, 3.8) is 0 Å². The highest BCUT2D eigenvalue weighted by Gasteiger charge is 2.24. The molecule has 24 heavy (non-hydrogen) atoms. The van der Waals surface area contributed by atoms with Gasteiger partial charge < -0.3 is 5.32 Å². The zero-order chi connectivity index (χ0) is 17.7. The Morgan fingerprint density at radius 1 is 1.08 bits per heavy atom. The lowest BCUT2D eigenvalue weighted by molar-refractivity contribution is 0.569. The summed E-state index contributed by atoms with van der Waals surface area (Å²) in [6, 6.07) is 11.3. The molecule has 1 unspecified atom stereocenters. The molecule has 1 atom stereocenters. The van der Waals surface area contributed by atoms with Crippen molar-refractivity contribution in [1.82, 2.24) is 5.32 Å². The average molecular weight is 386 g/mol. The van der Waals surface area contributed by atoms with Gasteiger partial charge in [-0.3, -0.25) is 0 Å². The standard InChI is InChI=1S/C18H24ClNO2S2/c1-4-16(5-2)24(21,22)17-9-6-14(7-10-17)13(3)20-12-15-8-11-18(19)23-15/h6-11,13,16,20H,4-5,12H2,1-3H3. The molecule has 1 heterocycles. The van der Waals surface area contributed by atoms with E-state index >= 15 is 0 Å². The fourth-order valence-electron chi connectivity index (χ4n) is 2.68. The Labute approximate surface area is 154 Å². The Bertz CT molecular complexity index is 750. The molecule has 0 aliphatic carbocycles. The molecule has 0 spiro atoms. The lowest BCUT2D eigenvalue weighted by Gasteiger charge is -2.16. The van der Waals surface area contributed by atoms with E-state index in [0.29, 0.717) is 17.7 Å². The maximum atomic E-state index is 12.6. The summed E-state index contributed by atoms with van der Waals surface area (Å²) in [6.45, 7) is 6.65. The minimum atomic E-state index is -3.23. The van der Waals surface area contributed by atoms with E-state index in [0.717, 1.165) is 16.4 Å². The first-order chi connectivity index (χ1) is 11.4. The van der Waals surface area contributed by atoms with Gasteiger partial charge in [-0.05, 0) is 49.6 Å². The Morgan fingerprint density at radius 2 is 1.71 bits per heavy atom. The molecule has 1 N–H and O–H groups in total. The maximum Gasteiger partial charge on any atom is 0.181 e. The molecule has 1 aromatic carbocycles. The zero-order valence-electron chi connectivity index (χ0n) is 14.3. The Morgan fingerprint density at radius 3 is 2.21 bits per heavy atom. The largest absolute Gasteiger partial charge is 0.305 e. The highest BCUT2D eigenvalue weighted by atomic mass is 35.5. The van der Waals surface area contributed by atoms with Crippen LogP contribution in [-0.4, -0.2) is 13.7 Å². The van der Waals surface area contributed by atoms with Crippen LogP contribution in [0, 0.1) is 0 Å². The van der Waals surface area contributed by atoms with Crippen LogP contribution in [0.3, 0.4) is 0 Å². The van der Waals surface area contributed by atoms with Gasteiger partial charge in [0.25, 0.3) is 0 Å². The molecule has 3 nitrogen and oxygen atoms in total. The number of benzene rings is 1. The van der Waals surface area contributed by atoms with E-state index in [-0.39, 0.29) is 11.3 Å². The number of nitrogens with one attached hydrogen (secondary N) is 1. The van der Waals surface area contributed by atoms with Crippen molar-refractivity contribution < 1.29 is 8.42 Å². The molecule has 132 valence electrons. The molecule has 0 aliphatic rings. The number of sulfone groups is 1. The summed E-state index contributed by atoms with van der Waals surface area (Å²) in [5, 5.41) is 3.13. The van der Waals surface area contributed by atoms with Crippen molar-refractivity contribution in [1.29, 1.82) is 0 Å². The second-order valence-corrected chi connectivity index (χ2v) is 9.89. The van der Waals surface area contributed by atoms with Gasteiger partial charge in [-0.1, -0.05) is 37.6 Å². The predicted molar refractivity (Wildman–Crippen MR) is 103 cm³/mol. The van der Waals surface area contributed by atoms with Crippen molar-refractivity contribution >= 4 is 32.8 Å². The summed E-state index contributed by atoms with van der Waals surface area (Å²) in [5.74, 6) is 0. The molecule has 2 aromatic rings. The van der Waals surface area contributed by atoms with E-state index in [1.54, 1.807) is 23.5 Å². The quantitative estimate of drug-likeness (QED) is 0.678. The van der Waals surface area contributed by atoms with Crippen molar-refractivity contribution in [2.45, 2.75) is 56.3 Å². The molecular weight excluding hydrogens is 362 g/mol. The highest BCUT2D eigenvalue weighted by Crippen LogP contribution is 2.24. The maximum absolute atomic E-state index is 12.6. The fourth-order valence-corrected chi connectivity index (χ4v) is 5.50. The summed E-state index contributed by atoms with van der Waals surface area (Å²) in [4.78, 5) is 1.59. The van der Waals surface area contributed by atoms with Gasteiger partial charge in [0.2, 0.25) is 0 Å². The third kappa shape index (κ3) is 4.60. The van der Waals surface area contributed by atoms with Crippen LogP contribution < -0.4 is 5.32 Å². The highest BCUT2D eigenvalue weighted by molar-refractivity contribution is 7.92. The van der Waals surface area contributed by atoms with E-state index in [1.165, 1.54) is 4.88 Å². The minimum absolute atomic E-state index is 0.135. The molecule has 0 saturated heterocycles. The molecule has 6 heteroatoms. The number of thiophene rings is 1. The van der Waals surface area contributed by atoms with Gasteiger partial charge in [-0.2, -0.15) is 0 Å². The van der Waals surface area contributed by atoms with E-state index < -0.39 is 9.84 Å². The molecule has 0 fully saturated rings. The van der Waals surface area contributed by atoms with Gasteiger partial charge in [-0.25, -0.2) is 8.42 Å². The first-order valence-electron chi connectivity index (χ1n) is 8.19. The van der Waals surface area contributed by atoms with E-state index in [1.807, 2.05) is 38.1 Å². The fraction of sp³-hybridized carbons (Fsp3) is 0.444. The summed E-state index contributed by atoms with van der Waals surface area (Å²) in [7, 11) is -3.23. The second-order valence-electron chi connectivity index (χ2n) is 5.86. The lowest BCUT2D eigenvalue weighted by Crippen LogP contribution is -2.20. The first-order valence-corrected chi connectivity index (χ1v) is 10.9. The van der Waals surface area contributed by atoms with Gasteiger partial charge in [-0.15, -0.1) is 11.3 Å². The number of halogens is 1. The van der Waals surface area contributed by atoms with Crippen LogP contribution in [0.1, 0.15) is 50.1 Å². The number of hydrogen-bond donors (Lipinski definition) is 1. The van der Waals surface area contributed by atoms with Gasteiger partial charge in [0.05, 0.1) is 14.5 Å². The van der Waals surface area contributed by atoms with Crippen LogP contribution in [0.2, 0.25) is 4.34 Å². The topological polar surface area (TPSA) is 46.2 Å². The summed E-state index contributed by atoms with van der Waals surface area (Å²) in [6.07, 6.45) is 1.28. The van der Waals surface area contributed by atoms with Crippen LogP contribution in [0.5, 0.6) is 0 Å². The van der Waals surface area contributed by atoms with Crippen LogP contribution in [0.15, 0.2) is 41.3 Å². The molecular formula is C18H24ClNO2S2. The van der Waals surface area contributed by atoms with Crippen molar-refractivity contribution in [3.8, 4) is 0 Å². The van der Waals surface area contributed by atoms with Crippen LogP contribution in [0.25, 0.3) is 0 Å². The summed E-state index contributed by atoms with van der Waals surface area (Å²) >= 11 is 7.50. The average Bonchev–Trinajstić information content (AvgIpc) is 2.99. The third-order valence-corrected chi connectivity index (χ3v) is 7.97. The lowest BCUT2D eigenvalue weighted by atomic mass is 10.1. The number of hydrogen-bond acceptors (Lipinski definition) is 4. The van der Waals surface area contributed by atoms with E-state index in [9.17, 15) is 8.42 Å². The van der Waals surface area contributed by atoms with Gasteiger partial charge in [0, 0.05) is 17.5 Å². The molecule has 0 saturated carbocycles. The second kappa shape index (κ2) is 8.48. The first kappa shape index (κ1) is 19.4. The molecule has 1 aromatic heterocycles. The molecule has 0 radical (unpaired) electrons. The van der Waals surface area contributed by atoms with E-state index in [2.05, 4.69) is 12.2 Å². The Balaban J connectivity index is 2.05.